The first kappa shape index (κ1) is 17.7. The molecule has 0 aliphatic carbocycles. The van der Waals surface area contributed by atoms with Crippen molar-refractivity contribution < 1.29 is 14.3 Å². The molecular formula is C18H20N2O3S. The lowest BCUT2D eigenvalue weighted by Crippen LogP contribution is -2.27. The Morgan fingerprint density at radius 1 is 1.17 bits per heavy atom. The van der Waals surface area contributed by atoms with Gasteiger partial charge in [-0.2, -0.15) is 0 Å². The molecule has 2 rings (SSSR count). The summed E-state index contributed by atoms with van der Waals surface area (Å²) in [5.74, 6) is 0.477. The van der Waals surface area contributed by atoms with Crippen LogP contribution in [0.3, 0.4) is 0 Å². The Bertz CT molecular complexity index is 702. The van der Waals surface area contributed by atoms with Crippen LogP contribution in [0.25, 0.3) is 0 Å². The first-order chi connectivity index (χ1) is 11.6. The van der Waals surface area contributed by atoms with Crippen molar-refractivity contribution in [3.63, 3.8) is 0 Å². The van der Waals surface area contributed by atoms with Gasteiger partial charge >= 0.3 is 5.97 Å². The zero-order valence-corrected chi connectivity index (χ0v) is 14.5. The van der Waals surface area contributed by atoms with Gasteiger partial charge in [-0.05, 0) is 61.1 Å². The number of rotatable bonds is 6. The largest absolute Gasteiger partial charge is 0.497 e. The number of methoxy groups -OCH3 is 1. The SMILES string of the molecule is CCOC(=O)c1ccc(NC(=S)NCc2cccc(OC)c2)cc1. The Morgan fingerprint density at radius 2 is 1.92 bits per heavy atom. The predicted octanol–water partition coefficient (Wildman–Crippen LogP) is 3.36. The molecule has 0 saturated heterocycles. The van der Waals surface area contributed by atoms with Gasteiger partial charge in [-0.3, -0.25) is 0 Å². The van der Waals surface area contributed by atoms with Crippen molar-refractivity contribution >= 4 is 29.0 Å². The van der Waals surface area contributed by atoms with Crippen molar-refractivity contribution in [2.75, 3.05) is 19.0 Å². The number of nitrogens with one attached hydrogen (secondary N) is 2. The first-order valence-corrected chi connectivity index (χ1v) is 7.98. The summed E-state index contributed by atoms with van der Waals surface area (Å²) in [6.45, 7) is 2.72. The third-order valence-electron chi connectivity index (χ3n) is 3.24. The number of thiocarbonyl (C=S) groups is 1. The van der Waals surface area contributed by atoms with Crippen molar-refractivity contribution in [1.29, 1.82) is 0 Å². The molecule has 0 radical (unpaired) electrons. The van der Waals surface area contributed by atoms with Gasteiger partial charge in [0.2, 0.25) is 0 Å². The van der Waals surface area contributed by atoms with Crippen LogP contribution in [0.5, 0.6) is 5.75 Å². The van der Waals surface area contributed by atoms with E-state index in [0.717, 1.165) is 17.0 Å². The van der Waals surface area contributed by atoms with Gasteiger partial charge in [0.1, 0.15) is 5.75 Å². The molecule has 2 N–H and O–H groups in total. The maximum atomic E-state index is 11.6. The second kappa shape index (κ2) is 8.88. The van der Waals surface area contributed by atoms with Crippen LogP contribution in [0.15, 0.2) is 48.5 Å². The summed E-state index contributed by atoms with van der Waals surface area (Å²) in [6.07, 6.45) is 0. The molecule has 0 spiro atoms. The van der Waals surface area contributed by atoms with Crippen LogP contribution in [0.4, 0.5) is 5.69 Å². The number of hydrogen-bond acceptors (Lipinski definition) is 4. The fourth-order valence-electron chi connectivity index (χ4n) is 2.04. The Hall–Kier alpha value is -2.60. The lowest BCUT2D eigenvalue weighted by Gasteiger charge is -2.11. The highest BCUT2D eigenvalue weighted by atomic mass is 32.1. The minimum absolute atomic E-state index is 0.331. The van der Waals surface area contributed by atoms with E-state index >= 15 is 0 Å². The third kappa shape index (κ3) is 5.24. The minimum Gasteiger partial charge on any atom is -0.497 e. The molecule has 5 nitrogen and oxygen atoms in total. The lowest BCUT2D eigenvalue weighted by molar-refractivity contribution is 0.0526. The van der Waals surface area contributed by atoms with E-state index < -0.39 is 0 Å². The standard InChI is InChI=1S/C18H20N2O3S/c1-3-23-17(21)14-7-9-15(10-8-14)20-18(24)19-12-13-5-4-6-16(11-13)22-2/h4-11H,3,12H2,1-2H3,(H2,19,20,24). The molecule has 0 unspecified atom stereocenters. The van der Waals surface area contributed by atoms with Gasteiger partial charge in [0.15, 0.2) is 5.11 Å². The van der Waals surface area contributed by atoms with E-state index in [1.165, 1.54) is 0 Å². The highest BCUT2D eigenvalue weighted by molar-refractivity contribution is 7.80. The Labute approximate surface area is 147 Å². The number of carbonyl (C=O) groups is 1. The molecule has 0 heterocycles. The van der Waals surface area contributed by atoms with Gasteiger partial charge in [0, 0.05) is 12.2 Å². The quantitative estimate of drug-likeness (QED) is 0.619. The van der Waals surface area contributed by atoms with E-state index in [0.29, 0.717) is 23.8 Å². The number of hydrogen-bond donors (Lipinski definition) is 2. The normalized spacial score (nSPS) is 9.92. The number of anilines is 1. The van der Waals surface area contributed by atoms with Crippen LogP contribution in [-0.4, -0.2) is 24.8 Å². The first-order valence-electron chi connectivity index (χ1n) is 7.57. The molecule has 126 valence electrons. The van der Waals surface area contributed by atoms with Gasteiger partial charge in [0.05, 0.1) is 19.3 Å². The molecule has 0 aromatic heterocycles. The van der Waals surface area contributed by atoms with Crippen molar-refractivity contribution in [2.24, 2.45) is 0 Å². The maximum Gasteiger partial charge on any atom is 0.338 e. The Morgan fingerprint density at radius 3 is 2.58 bits per heavy atom. The van der Waals surface area contributed by atoms with Crippen molar-refractivity contribution in [3.8, 4) is 5.75 Å². The van der Waals surface area contributed by atoms with Crippen LogP contribution in [0.2, 0.25) is 0 Å². The Kier molecular flexibility index (Phi) is 6.57. The van der Waals surface area contributed by atoms with Crippen LogP contribution in [0.1, 0.15) is 22.8 Å². The second-order valence-corrected chi connectivity index (χ2v) is 5.37. The summed E-state index contributed by atoms with van der Waals surface area (Å²) in [5.41, 5.74) is 2.38. The molecule has 2 aromatic rings. The van der Waals surface area contributed by atoms with E-state index in [4.69, 9.17) is 21.7 Å². The van der Waals surface area contributed by atoms with Crippen molar-refractivity contribution in [1.82, 2.24) is 5.32 Å². The highest BCUT2D eigenvalue weighted by Crippen LogP contribution is 2.13. The predicted molar refractivity (Wildman–Crippen MR) is 98.5 cm³/mol. The van der Waals surface area contributed by atoms with Gasteiger partial charge < -0.3 is 20.1 Å². The lowest BCUT2D eigenvalue weighted by atomic mass is 10.2. The fourth-order valence-corrected chi connectivity index (χ4v) is 2.23. The summed E-state index contributed by atoms with van der Waals surface area (Å²) in [7, 11) is 1.64. The van der Waals surface area contributed by atoms with Gasteiger partial charge in [0.25, 0.3) is 0 Å². The van der Waals surface area contributed by atoms with E-state index in [2.05, 4.69) is 10.6 Å². The summed E-state index contributed by atoms with van der Waals surface area (Å²) >= 11 is 5.28. The summed E-state index contributed by atoms with van der Waals surface area (Å²) in [6, 6.07) is 14.7. The second-order valence-electron chi connectivity index (χ2n) is 4.96. The molecule has 2 aromatic carbocycles. The van der Waals surface area contributed by atoms with Gasteiger partial charge in [-0.15, -0.1) is 0 Å². The van der Waals surface area contributed by atoms with E-state index in [1.807, 2.05) is 24.3 Å². The van der Waals surface area contributed by atoms with Crippen LogP contribution < -0.4 is 15.4 Å². The average molecular weight is 344 g/mol. The van der Waals surface area contributed by atoms with Gasteiger partial charge in [-0.25, -0.2) is 4.79 Å². The molecule has 6 heteroatoms. The molecule has 0 amide bonds. The smallest absolute Gasteiger partial charge is 0.338 e. The monoisotopic (exact) mass is 344 g/mol. The van der Waals surface area contributed by atoms with Crippen molar-refractivity contribution in [3.05, 3.63) is 59.7 Å². The summed E-state index contributed by atoms with van der Waals surface area (Å²) in [4.78, 5) is 11.6. The van der Waals surface area contributed by atoms with Gasteiger partial charge in [-0.1, -0.05) is 12.1 Å². The van der Waals surface area contributed by atoms with E-state index in [1.54, 1.807) is 38.3 Å². The van der Waals surface area contributed by atoms with E-state index in [9.17, 15) is 4.79 Å². The number of esters is 1. The van der Waals surface area contributed by atoms with Crippen molar-refractivity contribution in [2.45, 2.75) is 13.5 Å². The Balaban J connectivity index is 1.86. The van der Waals surface area contributed by atoms with E-state index in [-0.39, 0.29) is 5.97 Å². The molecular weight excluding hydrogens is 324 g/mol. The topological polar surface area (TPSA) is 59.6 Å². The minimum atomic E-state index is -0.331. The van der Waals surface area contributed by atoms with Crippen LogP contribution in [-0.2, 0) is 11.3 Å². The van der Waals surface area contributed by atoms with Crippen LogP contribution >= 0.6 is 12.2 Å². The highest BCUT2D eigenvalue weighted by Gasteiger charge is 2.06. The summed E-state index contributed by atoms with van der Waals surface area (Å²) in [5, 5.41) is 6.71. The molecule has 0 atom stereocenters. The average Bonchev–Trinajstić information content (AvgIpc) is 2.61. The fraction of sp³-hybridized carbons (Fsp3) is 0.222. The molecule has 0 fully saturated rings. The molecule has 0 aliphatic rings. The van der Waals surface area contributed by atoms with Crippen LogP contribution in [0, 0.1) is 0 Å². The molecule has 0 aliphatic heterocycles. The zero-order valence-electron chi connectivity index (χ0n) is 13.7. The number of ether oxygens (including phenoxy) is 2. The third-order valence-corrected chi connectivity index (χ3v) is 3.49. The maximum absolute atomic E-state index is 11.6. The molecule has 24 heavy (non-hydrogen) atoms. The zero-order chi connectivity index (χ0) is 17.4. The molecule has 0 saturated carbocycles. The molecule has 0 bridgehead atoms. The summed E-state index contributed by atoms with van der Waals surface area (Å²) < 4.78 is 10.1. The number of benzene rings is 2. The number of carbonyl (C=O) groups excluding carboxylic acids is 1.